The molecule has 0 saturated carbocycles. The quantitative estimate of drug-likeness (QED) is 0.553. The van der Waals surface area contributed by atoms with Crippen LogP contribution in [0, 0.1) is 13.8 Å². The molecule has 26 heavy (non-hydrogen) atoms. The van der Waals surface area contributed by atoms with Crippen molar-refractivity contribution in [3.63, 3.8) is 0 Å². The number of allylic oxidation sites excluding steroid dienone is 2. The van der Waals surface area contributed by atoms with Crippen LogP contribution in [0.4, 0.5) is 5.95 Å². The van der Waals surface area contributed by atoms with Crippen molar-refractivity contribution in [3.8, 4) is 11.3 Å². The van der Waals surface area contributed by atoms with E-state index >= 15 is 0 Å². The number of benzene rings is 1. The van der Waals surface area contributed by atoms with Crippen molar-refractivity contribution in [3.05, 3.63) is 65.4 Å². The standard InChI is InChI=1S/C18H20ClN3O3S/c1-4-5-6-10-16(23)26(24,25)22-18-20-14(11-15(19)21-18)17-12(2)8-7-9-13(17)3/h4-9,11,16,23H,1,10H2,2-3H3,(H,20,21,22)/b6-5-. The molecule has 1 atom stereocenters. The van der Waals surface area contributed by atoms with Gasteiger partial charge in [-0.05, 0) is 25.0 Å². The Kier molecular flexibility index (Phi) is 6.52. The highest BCUT2D eigenvalue weighted by atomic mass is 35.5. The molecule has 0 bridgehead atoms. The Morgan fingerprint density at radius 3 is 2.58 bits per heavy atom. The number of aliphatic hydroxyl groups is 1. The number of hydrogen-bond donors (Lipinski definition) is 2. The second kappa shape index (κ2) is 8.44. The van der Waals surface area contributed by atoms with E-state index in [0.29, 0.717) is 5.69 Å². The van der Waals surface area contributed by atoms with E-state index in [0.717, 1.165) is 16.7 Å². The van der Waals surface area contributed by atoms with Gasteiger partial charge in [0.1, 0.15) is 5.15 Å². The van der Waals surface area contributed by atoms with Gasteiger partial charge in [-0.2, -0.15) is 0 Å². The topological polar surface area (TPSA) is 92.2 Å². The molecule has 2 rings (SSSR count). The van der Waals surface area contributed by atoms with Crippen molar-refractivity contribution < 1.29 is 13.5 Å². The third-order valence-electron chi connectivity index (χ3n) is 3.63. The summed E-state index contributed by atoms with van der Waals surface area (Å²) in [6.07, 6.45) is 4.45. The summed E-state index contributed by atoms with van der Waals surface area (Å²) in [5, 5.41) is 9.98. The number of nitrogens with zero attached hydrogens (tertiary/aromatic N) is 2. The van der Waals surface area contributed by atoms with Gasteiger partial charge < -0.3 is 5.11 Å². The first-order valence-corrected chi connectivity index (χ1v) is 9.75. The Hall–Kier alpha value is -2.22. The van der Waals surface area contributed by atoms with Crippen molar-refractivity contribution in [1.82, 2.24) is 9.97 Å². The zero-order valence-corrected chi connectivity index (χ0v) is 16.0. The Morgan fingerprint density at radius 2 is 1.96 bits per heavy atom. The second-order valence-electron chi connectivity index (χ2n) is 5.67. The molecule has 2 aromatic rings. The molecule has 1 aromatic carbocycles. The number of nitrogens with one attached hydrogen (secondary N) is 1. The monoisotopic (exact) mass is 393 g/mol. The van der Waals surface area contributed by atoms with Crippen molar-refractivity contribution >= 4 is 27.6 Å². The third-order valence-corrected chi connectivity index (χ3v) is 5.20. The fourth-order valence-corrected chi connectivity index (χ4v) is 3.45. The van der Waals surface area contributed by atoms with Crippen LogP contribution in [0.1, 0.15) is 17.5 Å². The normalized spacial score (nSPS) is 12.9. The van der Waals surface area contributed by atoms with Crippen LogP contribution in [0.3, 0.4) is 0 Å². The first kappa shape index (κ1) is 20.1. The summed E-state index contributed by atoms with van der Waals surface area (Å²) in [6.45, 7) is 7.34. The molecule has 0 aliphatic rings. The number of halogens is 1. The van der Waals surface area contributed by atoms with Crippen molar-refractivity contribution in [2.24, 2.45) is 0 Å². The molecule has 1 unspecified atom stereocenters. The summed E-state index contributed by atoms with van der Waals surface area (Å²) in [5.74, 6) is -0.193. The summed E-state index contributed by atoms with van der Waals surface area (Å²) in [4.78, 5) is 8.16. The van der Waals surface area contributed by atoms with E-state index in [-0.39, 0.29) is 17.5 Å². The number of anilines is 1. The molecule has 0 aliphatic heterocycles. The SMILES string of the molecule is C=C/C=C\CC(O)S(=O)(=O)Nc1nc(Cl)cc(-c2c(C)cccc2C)n1. The molecule has 1 aromatic heterocycles. The molecule has 0 radical (unpaired) electrons. The number of rotatable bonds is 7. The highest BCUT2D eigenvalue weighted by molar-refractivity contribution is 7.93. The molecule has 0 aliphatic carbocycles. The lowest BCUT2D eigenvalue weighted by Gasteiger charge is -2.14. The minimum Gasteiger partial charge on any atom is -0.375 e. The van der Waals surface area contributed by atoms with Gasteiger partial charge in [0.15, 0.2) is 5.44 Å². The lowest BCUT2D eigenvalue weighted by atomic mass is 10.00. The summed E-state index contributed by atoms with van der Waals surface area (Å²) in [7, 11) is -4.09. The summed E-state index contributed by atoms with van der Waals surface area (Å²) >= 11 is 6.04. The molecular formula is C18H20ClN3O3S. The van der Waals surface area contributed by atoms with E-state index in [1.54, 1.807) is 12.1 Å². The number of aromatic nitrogens is 2. The molecule has 138 valence electrons. The van der Waals surface area contributed by atoms with E-state index in [1.807, 2.05) is 32.0 Å². The van der Waals surface area contributed by atoms with Gasteiger partial charge in [0, 0.05) is 18.1 Å². The Balaban J connectivity index is 2.36. The number of aliphatic hydroxyl groups excluding tert-OH is 1. The van der Waals surface area contributed by atoms with Gasteiger partial charge in [-0.3, -0.25) is 0 Å². The minimum absolute atomic E-state index is 0.0916. The maximum atomic E-state index is 12.2. The van der Waals surface area contributed by atoms with Crippen LogP contribution in [-0.4, -0.2) is 28.9 Å². The largest absolute Gasteiger partial charge is 0.375 e. The zero-order chi connectivity index (χ0) is 19.3. The predicted molar refractivity (Wildman–Crippen MR) is 104 cm³/mol. The van der Waals surface area contributed by atoms with Crippen LogP contribution in [0.15, 0.2) is 49.1 Å². The molecule has 2 N–H and O–H groups in total. The van der Waals surface area contributed by atoms with Gasteiger partial charge >= 0.3 is 0 Å². The number of hydrogen-bond acceptors (Lipinski definition) is 5. The van der Waals surface area contributed by atoms with Crippen LogP contribution < -0.4 is 4.72 Å². The first-order valence-electron chi connectivity index (χ1n) is 7.83. The van der Waals surface area contributed by atoms with Gasteiger partial charge in [0.25, 0.3) is 10.0 Å². The molecule has 0 spiro atoms. The van der Waals surface area contributed by atoms with Gasteiger partial charge in [-0.1, -0.05) is 54.6 Å². The van der Waals surface area contributed by atoms with Crippen LogP contribution in [0.25, 0.3) is 11.3 Å². The highest BCUT2D eigenvalue weighted by Crippen LogP contribution is 2.28. The zero-order valence-electron chi connectivity index (χ0n) is 14.5. The Morgan fingerprint density at radius 1 is 1.31 bits per heavy atom. The fourth-order valence-electron chi connectivity index (χ4n) is 2.42. The highest BCUT2D eigenvalue weighted by Gasteiger charge is 2.23. The van der Waals surface area contributed by atoms with Crippen LogP contribution >= 0.6 is 11.6 Å². The first-order chi connectivity index (χ1) is 12.2. The smallest absolute Gasteiger partial charge is 0.262 e. The lowest BCUT2D eigenvalue weighted by molar-refractivity contribution is 0.253. The average molecular weight is 394 g/mol. The maximum Gasteiger partial charge on any atom is 0.262 e. The number of sulfonamides is 1. The van der Waals surface area contributed by atoms with E-state index in [1.165, 1.54) is 12.2 Å². The van der Waals surface area contributed by atoms with E-state index < -0.39 is 15.5 Å². The Labute approximate surface area is 158 Å². The van der Waals surface area contributed by atoms with Gasteiger partial charge in [0.2, 0.25) is 5.95 Å². The average Bonchev–Trinajstić information content (AvgIpc) is 2.53. The molecule has 6 nitrogen and oxygen atoms in total. The van der Waals surface area contributed by atoms with Gasteiger partial charge in [-0.25, -0.2) is 23.1 Å². The molecular weight excluding hydrogens is 374 g/mol. The van der Waals surface area contributed by atoms with Crippen molar-refractivity contribution in [2.75, 3.05) is 4.72 Å². The predicted octanol–water partition coefficient (Wildman–Crippen LogP) is 3.61. The molecule has 0 amide bonds. The summed E-state index contributed by atoms with van der Waals surface area (Å²) in [6, 6.07) is 7.35. The number of aryl methyl sites for hydroxylation is 2. The molecule has 1 heterocycles. The van der Waals surface area contributed by atoms with Crippen molar-refractivity contribution in [2.45, 2.75) is 25.7 Å². The molecule has 0 fully saturated rings. The van der Waals surface area contributed by atoms with E-state index in [4.69, 9.17) is 11.6 Å². The summed E-state index contributed by atoms with van der Waals surface area (Å²) < 4.78 is 26.7. The van der Waals surface area contributed by atoms with E-state index in [9.17, 15) is 13.5 Å². The minimum atomic E-state index is -4.09. The fraction of sp³-hybridized carbons (Fsp3) is 0.222. The third kappa shape index (κ3) is 4.91. The molecule has 8 heteroatoms. The second-order valence-corrected chi connectivity index (χ2v) is 7.89. The van der Waals surface area contributed by atoms with Crippen LogP contribution in [0.5, 0.6) is 0 Å². The van der Waals surface area contributed by atoms with Crippen LogP contribution in [-0.2, 0) is 10.0 Å². The maximum absolute atomic E-state index is 12.2. The lowest BCUT2D eigenvalue weighted by Crippen LogP contribution is -2.28. The van der Waals surface area contributed by atoms with Gasteiger partial charge in [-0.15, -0.1) is 0 Å². The summed E-state index contributed by atoms with van der Waals surface area (Å²) in [5.41, 5.74) is 1.65. The molecule has 0 saturated heterocycles. The Bertz CT molecular complexity index is 922. The van der Waals surface area contributed by atoms with Crippen LogP contribution in [0.2, 0.25) is 5.15 Å². The van der Waals surface area contributed by atoms with Gasteiger partial charge in [0.05, 0.1) is 5.69 Å². The van der Waals surface area contributed by atoms with Crippen molar-refractivity contribution in [1.29, 1.82) is 0 Å². The van der Waals surface area contributed by atoms with E-state index in [2.05, 4.69) is 21.3 Å².